The van der Waals surface area contributed by atoms with Crippen LogP contribution in [0.4, 0.5) is 10.5 Å². The average Bonchev–Trinajstić information content (AvgIpc) is 3.62. The molecule has 2 amide bonds. The molecule has 0 radical (unpaired) electrons. The third-order valence-corrected chi connectivity index (χ3v) is 9.37. The van der Waals surface area contributed by atoms with Crippen LogP contribution in [0, 0.1) is 0 Å². The summed E-state index contributed by atoms with van der Waals surface area (Å²) in [4.78, 5) is 17.6. The Morgan fingerprint density at radius 1 is 0.760 bits per heavy atom. The van der Waals surface area contributed by atoms with E-state index in [0.29, 0.717) is 29.6 Å². The number of urea groups is 1. The Bertz CT molecular complexity index is 1930. The number of ether oxygens (including phenoxy) is 2. The van der Waals surface area contributed by atoms with Crippen molar-refractivity contribution >= 4 is 23.5 Å². The van der Waals surface area contributed by atoms with Crippen LogP contribution in [0.5, 0.6) is 0 Å². The third-order valence-electron chi connectivity index (χ3n) is 8.41. The smallest absolute Gasteiger partial charge is 0.319 e. The van der Waals surface area contributed by atoms with Gasteiger partial charge in [-0.2, -0.15) is 0 Å². The summed E-state index contributed by atoms with van der Waals surface area (Å²) in [6, 6.07) is 44.8. The third kappa shape index (κ3) is 8.33. The lowest BCUT2D eigenvalue weighted by molar-refractivity contribution is -0.245. The van der Waals surface area contributed by atoms with Gasteiger partial charge in [-0.25, -0.2) is 9.78 Å². The van der Waals surface area contributed by atoms with E-state index in [-0.39, 0.29) is 24.8 Å². The monoisotopic (exact) mass is 683 g/mol. The van der Waals surface area contributed by atoms with Gasteiger partial charge in [0.15, 0.2) is 12.1 Å². The first kappa shape index (κ1) is 33.3. The summed E-state index contributed by atoms with van der Waals surface area (Å²) in [6.07, 6.45) is -0.545. The molecule has 1 aliphatic rings. The average molecular weight is 684 g/mol. The fraction of sp³-hybridized carbons (Fsp3) is 0.171. The van der Waals surface area contributed by atoms with Crippen molar-refractivity contribution in [1.29, 1.82) is 0 Å². The molecule has 0 aliphatic carbocycles. The number of nitrogens with zero attached hydrogens (tertiary/aromatic N) is 1. The van der Waals surface area contributed by atoms with Crippen LogP contribution in [-0.2, 0) is 22.6 Å². The summed E-state index contributed by atoms with van der Waals surface area (Å²) in [5.41, 5.74) is 6.99. The second kappa shape index (κ2) is 16.0. The number of hydrogen-bond donors (Lipinski definition) is 3. The second-order valence-corrected chi connectivity index (χ2v) is 12.9. The Morgan fingerprint density at radius 3 is 2.18 bits per heavy atom. The number of hydrogen-bond acceptors (Lipinski definition) is 7. The molecule has 5 aromatic carbocycles. The zero-order valence-corrected chi connectivity index (χ0v) is 28.1. The van der Waals surface area contributed by atoms with Gasteiger partial charge in [0.05, 0.1) is 18.8 Å². The summed E-state index contributed by atoms with van der Waals surface area (Å²) in [5, 5.41) is 16.0. The first-order chi connectivity index (χ1) is 24.6. The van der Waals surface area contributed by atoms with Gasteiger partial charge in [0.1, 0.15) is 5.69 Å². The highest BCUT2D eigenvalue weighted by atomic mass is 32.2. The molecule has 0 bridgehead atoms. The Morgan fingerprint density at radius 2 is 1.46 bits per heavy atom. The van der Waals surface area contributed by atoms with Crippen molar-refractivity contribution < 1.29 is 23.8 Å². The maximum atomic E-state index is 12.7. The molecule has 6 aromatic rings. The van der Waals surface area contributed by atoms with E-state index in [2.05, 4.69) is 10.6 Å². The number of aliphatic hydroxyl groups is 1. The molecule has 8 nitrogen and oxygen atoms in total. The van der Waals surface area contributed by atoms with Crippen molar-refractivity contribution in [1.82, 2.24) is 10.3 Å². The molecule has 7 rings (SSSR count). The van der Waals surface area contributed by atoms with Crippen LogP contribution >= 0.6 is 11.8 Å². The molecular formula is C41H37N3O5S. The van der Waals surface area contributed by atoms with Crippen LogP contribution in [0.2, 0.25) is 0 Å². The van der Waals surface area contributed by atoms with Gasteiger partial charge in [-0.05, 0) is 28.8 Å². The van der Waals surface area contributed by atoms with Crippen molar-refractivity contribution in [2.75, 3.05) is 11.1 Å². The maximum Gasteiger partial charge on any atom is 0.319 e. The lowest BCUT2D eigenvalue weighted by atomic mass is 10.0. The van der Waals surface area contributed by atoms with E-state index in [4.69, 9.17) is 18.9 Å². The standard InChI is InChI=1S/C41H37N3O5S/c45-26-29-19-21-30(22-20-29)36-24-35(27-50-41-44-37(31-13-6-2-7-14-31)38(49-41)32-15-8-3-9-16-32)47-39(48-36)33-17-10-18-34(23-33)43-40(46)42-25-28-11-4-1-5-12-28/h1-23,35-36,39,45H,24-27H2,(H2,42,43,46)/t35-,36+,39+/m1/s1. The van der Waals surface area contributed by atoms with Crippen molar-refractivity contribution in [2.45, 2.75) is 43.3 Å². The molecule has 9 heteroatoms. The minimum Gasteiger partial charge on any atom is -0.431 e. The van der Waals surface area contributed by atoms with Gasteiger partial charge in [0.25, 0.3) is 5.22 Å². The van der Waals surface area contributed by atoms with E-state index >= 15 is 0 Å². The summed E-state index contributed by atoms with van der Waals surface area (Å²) < 4.78 is 19.5. The van der Waals surface area contributed by atoms with Crippen LogP contribution in [0.25, 0.3) is 22.6 Å². The molecule has 0 unspecified atom stereocenters. The van der Waals surface area contributed by atoms with E-state index in [9.17, 15) is 9.90 Å². The van der Waals surface area contributed by atoms with Crippen LogP contribution in [0.3, 0.4) is 0 Å². The Kier molecular flexibility index (Phi) is 10.7. The van der Waals surface area contributed by atoms with E-state index < -0.39 is 6.29 Å². The molecule has 1 aliphatic heterocycles. The van der Waals surface area contributed by atoms with Gasteiger partial charge in [0, 0.05) is 41.1 Å². The summed E-state index contributed by atoms with van der Waals surface area (Å²) in [7, 11) is 0. The molecule has 0 saturated carbocycles. The minimum absolute atomic E-state index is 0.0262. The number of rotatable bonds is 11. The van der Waals surface area contributed by atoms with E-state index in [0.717, 1.165) is 44.8 Å². The Labute approximate surface area is 295 Å². The van der Waals surface area contributed by atoms with E-state index in [1.807, 2.05) is 140 Å². The van der Waals surface area contributed by atoms with Crippen molar-refractivity contribution in [3.8, 4) is 22.6 Å². The van der Waals surface area contributed by atoms with Gasteiger partial charge in [-0.15, -0.1) is 0 Å². The van der Waals surface area contributed by atoms with Crippen LogP contribution in [0.1, 0.15) is 41.1 Å². The second-order valence-electron chi connectivity index (χ2n) is 12.0. The largest absolute Gasteiger partial charge is 0.431 e. The molecule has 252 valence electrons. The Balaban J connectivity index is 1.09. The van der Waals surface area contributed by atoms with Crippen molar-refractivity contribution in [3.05, 3.63) is 162 Å². The van der Waals surface area contributed by atoms with Gasteiger partial charge in [-0.1, -0.05) is 139 Å². The number of carbonyl (C=O) groups excluding carboxylic acids is 1. The normalized spacial score (nSPS) is 17.3. The zero-order chi connectivity index (χ0) is 34.1. The fourth-order valence-electron chi connectivity index (χ4n) is 5.84. The summed E-state index contributed by atoms with van der Waals surface area (Å²) in [6.45, 7) is 0.392. The van der Waals surface area contributed by atoms with Gasteiger partial charge in [-0.3, -0.25) is 0 Å². The van der Waals surface area contributed by atoms with Crippen LogP contribution in [0.15, 0.2) is 149 Å². The number of aromatic nitrogens is 1. The zero-order valence-electron chi connectivity index (χ0n) is 27.3. The predicted molar refractivity (Wildman–Crippen MR) is 195 cm³/mol. The summed E-state index contributed by atoms with van der Waals surface area (Å²) >= 11 is 1.51. The lowest BCUT2D eigenvalue weighted by Crippen LogP contribution is -2.31. The van der Waals surface area contributed by atoms with E-state index in [1.54, 1.807) is 0 Å². The van der Waals surface area contributed by atoms with Gasteiger partial charge in [0.2, 0.25) is 0 Å². The number of carbonyl (C=O) groups is 1. The molecule has 1 aromatic heterocycles. The molecule has 0 spiro atoms. The number of amides is 2. The van der Waals surface area contributed by atoms with Gasteiger partial charge < -0.3 is 29.6 Å². The molecule has 50 heavy (non-hydrogen) atoms. The lowest BCUT2D eigenvalue weighted by Gasteiger charge is -2.36. The first-order valence-corrected chi connectivity index (χ1v) is 17.5. The number of benzene rings is 5. The molecule has 3 N–H and O–H groups in total. The minimum atomic E-state index is -0.685. The Hall–Kier alpha value is -5.19. The maximum absolute atomic E-state index is 12.7. The highest BCUT2D eigenvalue weighted by molar-refractivity contribution is 7.99. The number of nitrogens with one attached hydrogen (secondary N) is 2. The molecule has 3 atom stereocenters. The highest BCUT2D eigenvalue weighted by Crippen LogP contribution is 2.41. The predicted octanol–water partition coefficient (Wildman–Crippen LogP) is 9.16. The highest BCUT2D eigenvalue weighted by Gasteiger charge is 2.33. The summed E-state index contributed by atoms with van der Waals surface area (Å²) in [5.74, 6) is 1.30. The molecule has 1 fully saturated rings. The topological polar surface area (TPSA) is 106 Å². The number of aliphatic hydroxyl groups excluding tert-OH is 1. The number of anilines is 1. The van der Waals surface area contributed by atoms with Crippen molar-refractivity contribution in [3.63, 3.8) is 0 Å². The van der Waals surface area contributed by atoms with Crippen LogP contribution in [-0.4, -0.2) is 28.0 Å². The van der Waals surface area contributed by atoms with Crippen LogP contribution < -0.4 is 10.6 Å². The SMILES string of the molecule is O=C(NCc1ccccc1)Nc1cccc([C@H]2O[C@@H](CSc3nc(-c4ccccc4)c(-c4ccccc4)o3)C[C@@H](c3ccc(CO)cc3)O2)c1. The first-order valence-electron chi connectivity index (χ1n) is 16.5. The van der Waals surface area contributed by atoms with Gasteiger partial charge >= 0.3 is 6.03 Å². The molecular weight excluding hydrogens is 647 g/mol. The van der Waals surface area contributed by atoms with Crippen molar-refractivity contribution in [2.24, 2.45) is 0 Å². The fourth-order valence-corrected chi connectivity index (χ4v) is 6.68. The number of thioether (sulfide) groups is 1. The molecule has 1 saturated heterocycles. The number of oxazole rings is 1. The molecule has 2 heterocycles. The van der Waals surface area contributed by atoms with E-state index in [1.165, 1.54) is 11.8 Å². The quantitative estimate of drug-likeness (QED) is 0.117.